The minimum Gasteiger partial charge on any atom is -0.461 e. The van der Waals surface area contributed by atoms with Gasteiger partial charge in [0.2, 0.25) is 0 Å². The number of pyridine rings is 1. The average Bonchev–Trinajstić information content (AvgIpc) is 3.08. The Morgan fingerprint density at radius 2 is 1.84 bits per heavy atom. The first-order chi connectivity index (χ1) is 11.7. The van der Waals surface area contributed by atoms with Gasteiger partial charge in [0.05, 0.1) is 18.0 Å². The molecule has 2 heterocycles. The van der Waals surface area contributed by atoms with E-state index in [-0.39, 0.29) is 18.1 Å². The lowest BCUT2D eigenvalue weighted by Crippen LogP contribution is -2.06. The molecule has 1 aromatic carbocycles. The Kier molecular flexibility index (Phi) is 6.61. The molecule has 0 saturated carbocycles. The summed E-state index contributed by atoms with van der Waals surface area (Å²) in [5.41, 5.74) is 2.94. The summed E-state index contributed by atoms with van der Waals surface area (Å²) < 4.78 is 6.81. The van der Waals surface area contributed by atoms with Crippen LogP contribution in [0.3, 0.4) is 0 Å². The number of hydrogen-bond acceptors (Lipinski definition) is 5. The fourth-order valence-electron chi connectivity index (χ4n) is 2.34. The Morgan fingerprint density at radius 1 is 1.16 bits per heavy atom. The van der Waals surface area contributed by atoms with Gasteiger partial charge in [-0.25, -0.2) is 9.48 Å². The molecule has 130 valence electrons. The van der Waals surface area contributed by atoms with Crippen molar-refractivity contribution in [3.63, 3.8) is 0 Å². The Morgan fingerprint density at radius 3 is 2.44 bits per heavy atom. The van der Waals surface area contributed by atoms with Gasteiger partial charge in [-0.05, 0) is 43.5 Å². The lowest BCUT2D eigenvalue weighted by atomic mass is 10.1. The highest BCUT2D eigenvalue weighted by Gasteiger charge is 2.17. The zero-order valence-corrected chi connectivity index (χ0v) is 15.5. The number of carbonyl (C=O) groups excluding carboxylic acids is 1. The van der Waals surface area contributed by atoms with Crippen LogP contribution in [-0.4, -0.2) is 33.6 Å². The number of nitrogens with zero attached hydrogens (tertiary/aromatic N) is 3. The third-order valence-corrected chi connectivity index (χ3v) is 4.23. The Bertz CT molecular complexity index is 835. The quantitative estimate of drug-likeness (QED) is 0.492. The van der Waals surface area contributed by atoms with Crippen LogP contribution in [0.2, 0.25) is 0 Å². The van der Waals surface area contributed by atoms with Crippen LogP contribution >= 0.6 is 24.2 Å². The number of rotatable bonds is 5. The summed E-state index contributed by atoms with van der Waals surface area (Å²) in [5.74, 6) is -0.424. The van der Waals surface area contributed by atoms with E-state index in [0.29, 0.717) is 6.61 Å². The number of halogens is 1. The molecule has 0 radical (unpaired) electrons. The number of benzene rings is 1. The summed E-state index contributed by atoms with van der Waals surface area (Å²) in [5, 5.41) is 4.43. The van der Waals surface area contributed by atoms with Gasteiger partial charge >= 0.3 is 5.97 Å². The van der Waals surface area contributed by atoms with Crippen molar-refractivity contribution in [3.8, 4) is 16.9 Å². The molecular formula is C18H18ClN3O2S. The molecule has 3 aromatic rings. The first-order valence-electron chi connectivity index (χ1n) is 7.55. The van der Waals surface area contributed by atoms with Gasteiger partial charge in [0.1, 0.15) is 0 Å². The lowest BCUT2D eigenvalue weighted by molar-refractivity contribution is 0.0519. The van der Waals surface area contributed by atoms with Crippen molar-refractivity contribution in [2.75, 3.05) is 12.9 Å². The predicted octanol–water partition coefficient (Wildman–Crippen LogP) is 4.25. The van der Waals surface area contributed by atoms with E-state index in [2.05, 4.69) is 10.1 Å². The zero-order valence-electron chi connectivity index (χ0n) is 13.9. The van der Waals surface area contributed by atoms with Gasteiger partial charge in [0.15, 0.2) is 5.69 Å². The second-order valence-electron chi connectivity index (χ2n) is 4.98. The fraction of sp³-hybridized carbons (Fsp3) is 0.167. The largest absolute Gasteiger partial charge is 0.461 e. The summed E-state index contributed by atoms with van der Waals surface area (Å²) >= 11 is 1.69. The molecular weight excluding hydrogens is 358 g/mol. The number of esters is 1. The van der Waals surface area contributed by atoms with Crippen molar-refractivity contribution in [1.82, 2.24) is 14.8 Å². The molecule has 2 aromatic heterocycles. The first-order valence-corrected chi connectivity index (χ1v) is 8.77. The minimum absolute atomic E-state index is 0. The maximum absolute atomic E-state index is 12.1. The van der Waals surface area contributed by atoms with Gasteiger partial charge in [-0.2, -0.15) is 5.10 Å². The van der Waals surface area contributed by atoms with Crippen LogP contribution in [0.15, 0.2) is 59.8 Å². The Labute approximate surface area is 156 Å². The maximum Gasteiger partial charge on any atom is 0.358 e. The number of ether oxygens (including phenoxy) is 1. The Hall–Kier alpha value is -2.31. The van der Waals surface area contributed by atoms with E-state index < -0.39 is 5.97 Å². The van der Waals surface area contributed by atoms with E-state index in [1.807, 2.05) is 42.7 Å². The highest BCUT2D eigenvalue weighted by molar-refractivity contribution is 7.98. The van der Waals surface area contributed by atoms with Crippen molar-refractivity contribution < 1.29 is 9.53 Å². The number of thioether (sulfide) groups is 1. The van der Waals surface area contributed by atoms with Crippen LogP contribution in [0.1, 0.15) is 17.4 Å². The average molecular weight is 376 g/mol. The standard InChI is InChI=1S/C18H17N3O2S.ClH/c1-3-23-18(22)16-12-17(13-4-6-15(24-2)7-5-13)21(20-16)14-8-10-19-11-9-14;/h4-12H,3H2,1-2H3;1H. The second-order valence-corrected chi connectivity index (χ2v) is 5.86. The predicted molar refractivity (Wildman–Crippen MR) is 102 cm³/mol. The Balaban J connectivity index is 0.00000225. The van der Waals surface area contributed by atoms with Gasteiger partial charge in [-0.1, -0.05) is 12.1 Å². The van der Waals surface area contributed by atoms with Crippen LogP contribution in [0, 0.1) is 0 Å². The van der Waals surface area contributed by atoms with E-state index >= 15 is 0 Å². The fourth-order valence-corrected chi connectivity index (χ4v) is 2.74. The molecule has 0 N–H and O–H groups in total. The second kappa shape index (κ2) is 8.69. The van der Waals surface area contributed by atoms with Gasteiger partial charge < -0.3 is 4.74 Å². The number of hydrogen-bond donors (Lipinski definition) is 0. The summed E-state index contributed by atoms with van der Waals surface area (Å²) in [6.45, 7) is 2.10. The van der Waals surface area contributed by atoms with E-state index in [4.69, 9.17) is 4.74 Å². The molecule has 0 aliphatic carbocycles. The van der Waals surface area contributed by atoms with E-state index in [9.17, 15) is 4.79 Å². The van der Waals surface area contributed by atoms with Crippen molar-refractivity contribution in [2.24, 2.45) is 0 Å². The molecule has 5 nitrogen and oxygen atoms in total. The molecule has 0 atom stereocenters. The summed E-state index contributed by atoms with van der Waals surface area (Å²) in [6, 6.07) is 13.6. The molecule has 3 rings (SSSR count). The van der Waals surface area contributed by atoms with Gasteiger partial charge in [-0.3, -0.25) is 4.98 Å². The highest BCUT2D eigenvalue weighted by Crippen LogP contribution is 2.26. The SMILES string of the molecule is CCOC(=O)c1cc(-c2ccc(SC)cc2)n(-c2ccncc2)n1.Cl. The molecule has 0 bridgehead atoms. The number of aromatic nitrogens is 3. The molecule has 0 amide bonds. The van der Waals surface area contributed by atoms with Crippen molar-refractivity contribution in [2.45, 2.75) is 11.8 Å². The molecule has 25 heavy (non-hydrogen) atoms. The zero-order chi connectivity index (χ0) is 16.9. The summed E-state index contributed by atoms with van der Waals surface area (Å²) in [6.07, 6.45) is 5.43. The smallest absolute Gasteiger partial charge is 0.358 e. The van der Waals surface area contributed by atoms with Crippen molar-refractivity contribution in [3.05, 3.63) is 60.6 Å². The number of carbonyl (C=O) groups is 1. The van der Waals surface area contributed by atoms with Crippen molar-refractivity contribution in [1.29, 1.82) is 0 Å². The van der Waals surface area contributed by atoms with Crippen LogP contribution in [0.5, 0.6) is 0 Å². The third kappa shape index (κ3) is 4.21. The van der Waals surface area contributed by atoms with E-state index in [1.165, 1.54) is 4.90 Å². The van der Waals surface area contributed by atoms with Crippen molar-refractivity contribution >= 4 is 30.1 Å². The van der Waals surface area contributed by atoms with Gasteiger partial charge in [-0.15, -0.1) is 24.2 Å². The summed E-state index contributed by atoms with van der Waals surface area (Å²) in [7, 11) is 0. The maximum atomic E-state index is 12.1. The topological polar surface area (TPSA) is 57.0 Å². The van der Waals surface area contributed by atoms with Crippen LogP contribution in [0.25, 0.3) is 16.9 Å². The molecule has 0 unspecified atom stereocenters. The van der Waals surface area contributed by atoms with Crippen LogP contribution < -0.4 is 0 Å². The van der Waals surface area contributed by atoms with Gasteiger partial charge in [0.25, 0.3) is 0 Å². The molecule has 0 aliphatic heterocycles. The minimum atomic E-state index is -0.424. The highest BCUT2D eigenvalue weighted by atomic mass is 35.5. The van der Waals surface area contributed by atoms with E-state index in [1.54, 1.807) is 41.8 Å². The first kappa shape index (κ1) is 19.0. The monoisotopic (exact) mass is 375 g/mol. The van der Waals surface area contributed by atoms with Crippen LogP contribution in [0.4, 0.5) is 0 Å². The van der Waals surface area contributed by atoms with Gasteiger partial charge in [0, 0.05) is 22.9 Å². The molecule has 7 heteroatoms. The summed E-state index contributed by atoms with van der Waals surface area (Å²) in [4.78, 5) is 17.3. The lowest BCUT2D eigenvalue weighted by Gasteiger charge is -2.07. The normalized spacial score (nSPS) is 10.2. The molecule has 0 fully saturated rings. The third-order valence-electron chi connectivity index (χ3n) is 3.49. The molecule has 0 spiro atoms. The molecule has 0 saturated heterocycles. The van der Waals surface area contributed by atoms with E-state index in [0.717, 1.165) is 16.9 Å². The molecule has 0 aliphatic rings. The van der Waals surface area contributed by atoms with Crippen LogP contribution in [-0.2, 0) is 4.74 Å².